The van der Waals surface area contributed by atoms with Crippen molar-refractivity contribution in [2.24, 2.45) is 5.92 Å². The van der Waals surface area contributed by atoms with E-state index in [0.29, 0.717) is 55.7 Å². The summed E-state index contributed by atoms with van der Waals surface area (Å²) in [7, 11) is 0. The Bertz CT molecular complexity index is 895. The SMILES string of the molecule is CC(C)COC(=O)N1CCCN(c2nc3c(cnn3C(C)(C)C)c(=O)[nH]2)CC1. The van der Waals surface area contributed by atoms with Gasteiger partial charge in [0.25, 0.3) is 5.56 Å². The number of carbonyl (C=O) groups is 1. The Labute approximate surface area is 164 Å². The van der Waals surface area contributed by atoms with Gasteiger partial charge < -0.3 is 14.5 Å². The normalized spacial score (nSPS) is 15.9. The highest BCUT2D eigenvalue weighted by atomic mass is 16.6. The highest BCUT2D eigenvalue weighted by Crippen LogP contribution is 2.20. The van der Waals surface area contributed by atoms with Crippen molar-refractivity contribution in [1.29, 1.82) is 0 Å². The molecule has 154 valence electrons. The third-order valence-electron chi connectivity index (χ3n) is 4.65. The maximum absolute atomic E-state index is 12.5. The molecule has 0 unspecified atom stereocenters. The largest absolute Gasteiger partial charge is 0.449 e. The molecule has 1 fully saturated rings. The lowest BCUT2D eigenvalue weighted by molar-refractivity contribution is 0.0943. The van der Waals surface area contributed by atoms with Crippen LogP contribution in [0.2, 0.25) is 0 Å². The van der Waals surface area contributed by atoms with E-state index in [-0.39, 0.29) is 17.2 Å². The Morgan fingerprint density at radius 1 is 1.25 bits per heavy atom. The van der Waals surface area contributed by atoms with E-state index in [9.17, 15) is 9.59 Å². The fraction of sp³-hybridized carbons (Fsp3) is 0.684. The molecule has 9 nitrogen and oxygen atoms in total. The third kappa shape index (κ3) is 4.28. The zero-order valence-electron chi connectivity index (χ0n) is 17.4. The lowest BCUT2D eigenvalue weighted by atomic mass is 10.1. The number of ether oxygens (including phenoxy) is 1. The number of carbonyl (C=O) groups excluding carboxylic acids is 1. The standard InChI is InChI=1S/C19H30N6O3/c1-13(2)12-28-18(27)24-8-6-7-23(9-10-24)17-21-15-14(16(26)22-17)11-20-25(15)19(3,4)5/h11,13H,6-10,12H2,1-5H3,(H,21,22,26). The van der Waals surface area contributed by atoms with Crippen molar-refractivity contribution in [3.8, 4) is 0 Å². The van der Waals surface area contributed by atoms with Gasteiger partial charge in [0.2, 0.25) is 5.95 Å². The second-order valence-corrected chi connectivity index (χ2v) is 8.65. The molecule has 0 spiro atoms. The summed E-state index contributed by atoms with van der Waals surface area (Å²) >= 11 is 0. The smallest absolute Gasteiger partial charge is 0.409 e. The van der Waals surface area contributed by atoms with Gasteiger partial charge in [-0.1, -0.05) is 13.8 Å². The summed E-state index contributed by atoms with van der Waals surface area (Å²) < 4.78 is 7.11. The van der Waals surface area contributed by atoms with Crippen molar-refractivity contribution >= 4 is 23.1 Å². The van der Waals surface area contributed by atoms with Gasteiger partial charge in [0.15, 0.2) is 5.65 Å². The number of rotatable bonds is 3. The summed E-state index contributed by atoms with van der Waals surface area (Å²) in [5.74, 6) is 0.821. The van der Waals surface area contributed by atoms with Crippen LogP contribution in [0.25, 0.3) is 11.0 Å². The zero-order valence-corrected chi connectivity index (χ0v) is 17.4. The molecular formula is C19H30N6O3. The van der Waals surface area contributed by atoms with Gasteiger partial charge in [-0.2, -0.15) is 10.1 Å². The molecule has 28 heavy (non-hydrogen) atoms. The molecule has 0 saturated carbocycles. The van der Waals surface area contributed by atoms with Gasteiger partial charge in [-0.25, -0.2) is 9.48 Å². The number of amides is 1. The molecule has 0 atom stereocenters. The van der Waals surface area contributed by atoms with Crippen LogP contribution in [0.4, 0.5) is 10.7 Å². The van der Waals surface area contributed by atoms with Crippen molar-refractivity contribution in [2.75, 3.05) is 37.7 Å². The highest BCUT2D eigenvalue weighted by molar-refractivity contribution is 5.75. The van der Waals surface area contributed by atoms with Crippen molar-refractivity contribution in [3.05, 3.63) is 16.6 Å². The van der Waals surface area contributed by atoms with Gasteiger partial charge in [0.05, 0.1) is 18.3 Å². The van der Waals surface area contributed by atoms with Crippen LogP contribution in [0.5, 0.6) is 0 Å². The Morgan fingerprint density at radius 3 is 2.68 bits per heavy atom. The van der Waals surface area contributed by atoms with Gasteiger partial charge >= 0.3 is 6.09 Å². The van der Waals surface area contributed by atoms with Crippen molar-refractivity contribution < 1.29 is 9.53 Å². The molecule has 1 saturated heterocycles. The average molecular weight is 390 g/mol. The van der Waals surface area contributed by atoms with Crippen LogP contribution >= 0.6 is 0 Å². The molecule has 2 aromatic rings. The molecule has 0 radical (unpaired) electrons. The van der Waals surface area contributed by atoms with Crippen molar-refractivity contribution in [1.82, 2.24) is 24.6 Å². The quantitative estimate of drug-likeness (QED) is 0.863. The monoisotopic (exact) mass is 390 g/mol. The second kappa shape index (κ2) is 7.81. The molecule has 3 heterocycles. The van der Waals surface area contributed by atoms with E-state index < -0.39 is 0 Å². The molecule has 0 bridgehead atoms. The lowest BCUT2D eigenvalue weighted by Gasteiger charge is -2.23. The Balaban J connectivity index is 1.79. The summed E-state index contributed by atoms with van der Waals surface area (Å²) in [5, 5.41) is 4.83. The summed E-state index contributed by atoms with van der Waals surface area (Å²) in [6.07, 6.45) is 2.06. The number of H-pyrrole nitrogens is 1. The molecule has 3 rings (SSSR count). The third-order valence-corrected chi connectivity index (χ3v) is 4.65. The second-order valence-electron chi connectivity index (χ2n) is 8.65. The van der Waals surface area contributed by atoms with Crippen LogP contribution in [0, 0.1) is 5.92 Å². The minimum Gasteiger partial charge on any atom is -0.449 e. The van der Waals surface area contributed by atoms with Gasteiger partial charge in [-0.05, 0) is 33.1 Å². The maximum atomic E-state index is 12.5. The first-order valence-corrected chi connectivity index (χ1v) is 9.82. The minimum atomic E-state index is -0.282. The molecule has 1 aliphatic heterocycles. The van der Waals surface area contributed by atoms with E-state index in [1.54, 1.807) is 15.8 Å². The molecule has 9 heteroatoms. The topological polar surface area (TPSA) is 96.3 Å². The van der Waals surface area contributed by atoms with E-state index in [0.717, 1.165) is 6.42 Å². The highest BCUT2D eigenvalue weighted by Gasteiger charge is 2.24. The maximum Gasteiger partial charge on any atom is 0.409 e. The predicted molar refractivity (Wildman–Crippen MR) is 108 cm³/mol. The molecule has 1 amide bonds. The van der Waals surface area contributed by atoms with Gasteiger partial charge in [0, 0.05) is 26.2 Å². The van der Waals surface area contributed by atoms with Gasteiger partial charge in [0.1, 0.15) is 5.39 Å². The number of hydrogen-bond acceptors (Lipinski definition) is 6. The Morgan fingerprint density at radius 2 is 2.00 bits per heavy atom. The van der Waals surface area contributed by atoms with E-state index in [4.69, 9.17) is 9.72 Å². The van der Waals surface area contributed by atoms with E-state index in [1.807, 2.05) is 39.5 Å². The van der Waals surface area contributed by atoms with E-state index in [2.05, 4.69) is 10.1 Å². The first kappa shape index (κ1) is 20.2. The summed E-state index contributed by atoms with van der Waals surface area (Å²) in [4.78, 5) is 36.1. The van der Waals surface area contributed by atoms with Crippen LogP contribution < -0.4 is 10.5 Å². The molecule has 1 N–H and O–H groups in total. The average Bonchev–Trinajstić information content (AvgIpc) is 2.90. The van der Waals surface area contributed by atoms with Crippen LogP contribution in [0.1, 0.15) is 41.0 Å². The fourth-order valence-corrected chi connectivity index (χ4v) is 3.19. The number of aromatic nitrogens is 4. The molecular weight excluding hydrogens is 360 g/mol. The van der Waals surface area contributed by atoms with E-state index >= 15 is 0 Å². The molecule has 0 aliphatic carbocycles. The predicted octanol–water partition coefficient (Wildman–Crippen LogP) is 2.18. The van der Waals surface area contributed by atoms with Crippen LogP contribution in [-0.4, -0.2) is 63.5 Å². The van der Waals surface area contributed by atoms with Crippen molar-refractivity contribution in [2.45, 2.75) is 46.6 Å². The van der Waals surface area contributed by atoms with Crippen molar-refractivity contribution in [3.63, 3.8) is 0 Å². The minimum absolute atomic E-state index is 0.201. The number of anilines is 1. The van der Waals surface area contributed by atoms with Gasteiger partial charge in [-0.3, -0.25) is 9.78 Å². The molecule has 2 aromatic heterocycles. The van der Waals surface area contributed by atoms with E-state index in [1.165, 1.54) is 0 Å². The van der Waals surface area contributed by atoms with Crippen LogP contribution in [0.15, 0.2) is 11.0 Å². The first-order chi connectivity index (χ1) is 13.2. The van der Waals surface area contributed by atoms with Crippen LogP contribution in [-0.2, 0) is 10.3 Å². The Kier molecular flexibility index (Phi) is 5.62. The number of fused-ring (bicyclic) bond motifs is 1. The number of nitrogens with one attached hydrogen (secondary N) is 1. The number of aromatic amines is 1. The first-order valence-electron chi connectivity index (χ1n) is 9.82. The molecule has 0 aromatic carbocycles. The van der Waals surface area contributed by atoms with Crippen LogP contribution in [0.3, 0.4) is 0 Å². The summed E-state index contributed by atoms with van der Waals surface area (Å²) in [5.41, 5.74) is 0.0897. The summed E-state index contributed by atoms with van der Waals surface area (Å²) in [6.45, 7) is 12.9. The molecule has 1 aliphatic rings. The van der Waals surface area contributed by atoms with Gasteiger partial charge in [-0.15, -0.1) is 0 Å². The summed E-state index contributed by atoms with van der Waals surface area (Å²) in [6, 6.07) is 0. The fourth-order valence-electron chi connectivity index (χ4n) is 3.19. The zero-order chi connectivity index (χ0) is 20.5. The lowest BCUT2D eigenvalue weighted by Crippen LogP contribution is -2.36. The Hall–Kier alpha value is -2.58. The number of nitrogens with zero attached hydrogens (tertiary/aromatic N) is 5. The number of hydrogen-bond donors (Lipinski definition) is 1.